The average molecular weight is 269 g/mol. The Morgan fingerprint density at radius 3 is 3.00 bits per heavy atom. The highest BCUT2D eigenvalue weighted by Gasteiger charge is 2.03. The van der Waals surface area contributed by atoms with Crippen molar-refractivity contribution in [3.63, 3.8) is 0 Å². The van der Waals surface area contributed by atoms with Gasteiger partial charge in [0.05, 0.1) is 18.1 Å². The molecule has 0 saturated heterocycles. The molecule has 2 aromatic rings. The number of aromatic nitrogens is 4. The van der Waals surface area contributed by atoms with Crippen molar-refractivity contribution in [2.45, 2.75) is 6.54 Å². The molecule has 15 heavy (non-hydrogen) atoms. The van der Waals surface area contributed by atoms with Gasteiger partial charge in [-0.3, -0.25) is 0 Å². The first-order chi connectivity index (χ1) is 7.29. The number of pyridine rings is 1. The molecule has 0 amide bonds. The summed E-state index contributed by atoms with van der Waals surface area (Å²) in [5.74, 6) is 0.581. The summed E-state index contributed by atoms with van der Waals surface area (Å²) >= 11 is 3.38. The van der Waals surface area contributed by atoms with Crippen molar-refractivity contribution in [1.82, 2.24) is 19.7 Å². The monoisotopic (exact) mass is 268 g/mol. The highest BCUT2D eigenvalue weighted by Crippen LogP contribution is 2.22. The van der Waals surface area contributed by atoms with Crippen molar-refractivity contribution >= 4 is 15.9 Å². The maximum absolute atomic E-state index is 5.04. The van der Waals surface area contributed by atoms with Gasteiger partial charge in [0, 0.05) is 6.20 Å². The lowest BCUT2D eigenvalue weighted by Crippen LogP contribution is -2.01. The van der Waals surface area contributed by atoms with Gasteiger partial charge in [0.15, 0.2) is 0 Å². The molecule has 0 spiro atoms. The van der Waals surface area contributed by atoms with E-state index >= 15 is 0 Å². The number of ether oxygens (including phenoxy) is 1. The van der Waals surface area contributed by atoms with E-state index in [0.717, 1.165) is 10.0 Å². The summed E-state index contributed by atoms with van der Waals surface area (Å²) < 4.78 is 7.61. The summed E-state index contributed by atoms with van der Waals surface area (Å²) in [4.78, 5) is 8.02. The number of halogens is 1. The number of hydrogen-bond acceptors (Lipinski definition) is 4. The Kier molecular flexibility index (Phi) is 2.96. The molecule has 78 valence electrons. The Hall–Kier alpha value is -1.43. The molecule has 0 bridgehead atoms. The third kappa shape index (κ3) is 2.33. The van der Waals surface area contributed by atoms with Gasteiger partial charge < -0.3 is 4.74 Å². The van der Waals surface area contributed by atoms with E-state index in [0.29, 0.717) is 12.4 Å². The van der Waals surface area contributed by atoms with Gasteiger partial charge in [-0.15, -0.1) is 0 Å². The second kappa shape index (κ2) is 4.39. The fourth-order valence-electron chi connectivity index (χ4n) is 1.20. The molecule has 0 aliphatic rings. The maximum atomic E-state index is 5.04. The highest BCUT2D eigenvalue weighted by atomic mass is 79.9. The molecule has 6 heteroatoms. The summed E-state index contributed by atoms with van der Waals surface area (Å²) in [6.45, 7) is 0.648. The normalized spacial score (nSPS) is 10.3. The predicted molar refractivity (Wildman–Crippen MR) is 57.6 cm³/mol. The van der Waals surface area contributed by atoms with Gasteiger partial charge in [0.2, 0.25) is 5.88 Å². The van der Waals surface area contributed by atoms with E-state index in [-0.39, 0.29) is 0 Å². The molecule has 5 nitrogen and oxygen atoms in total. The lowest BCUT2D eigenvalue weighted by Gasteiger charge is -2.04. The maximum Gasteiger partial charge on any atom is 0.227 e. The van der Waals surface area contributed by atoms with Crippen molar-refractivity contribution < 1.29 is 4.74 Å². The van der Waals surface area contributed by atoms with E-state index in [1.165, 1.54) is 6.33 Å². The van der Waals surface area contributed by atoms with E-state index in [2.05, 4.69) is 31.0 Å². The van der Waals surface area contributed by atoms with Crippen LogP contribution in [0, 0.1) is 0 Å². The molecule has 0 aliphatic carbocycles. The van der Waals surface area contributed by atoms with Crippen LogP contribution in [0.1, 0.15) is 5.56 Å². The molecule has 0 unspecified atom stereocenters. The van der Waals surface area contributed by atoms with E-state index in [1.54, 1.807) is 24.3 Å². The molecule has 2 aromatic heterocycles. The van der Waals surface area contributed by atoms with Crippen LogP contribution >= 0.6 is 15.9 Å². The van der Waals surface area contributed by atoms with Crippen LogP contribution in [0.3, 0.4) is 0 Å². The van der Waals surface area contributed by atoms with Crippen molar-refractivity contribution in [2.24, 2.45) is 0 Å². The van der Waals surface area contributed by atoms with Crippen molar-refractivity contribution in [2.75, 3.05) is 7.11 Å². The lowest BCUT2D eigenvalue weighted by atomic mass is 10.3. The quantitative estimate of drug-likeness (QED) is 0.847. The van der Waals surface area contributed by atoms with Gasteiger partial charge in [-0.1, -0.05) is 0 Å². The number of methoxy groups -OCH3 is 1. The summed E-state index contributed by atoms with van der Waals surface area (Å²) in [6.07, 6.45) is 4.93. The Balaban J connectivity index is 2.20. The average Bonchev–Trinajstić information content (AvgIpc) is 2.71. The zero-order valence-electron chi connectivity index (χ0n) is 8.09. The first-order valence-corrected chi connectivity index (χ1v) is 5.09. The number of rotatable bonds is 3. The minimum absolute atomic E-state index is 0.581. The molecular weight excluding hydrogens is 260 g/mol. The molecule has 0 saturated carbocycles. The lowest BCUT2D eigenvalue weighted by molar-refractivity contribution is 0.394. The van der Waals surface area contributed by atoms with Crippen LogP contribution in [-0.4, -0.2) is 26.9 Å². The van der Waals surface area contributed by atoms with Crippen LogP contribution in [0.5, 0.6) is 5.88 Å². The topological polar surface area (TPSA) is 52.8 Å². The van der Waals surface area contributed by atoms with E-state index in [4.69, 9.17) is 4.74 Å². The molecule has 0 atom stereocenters. The number of nitrogens with zero attached hydrogens (tertiary/aromatic N) is 4. The summed E-state index contributed by atoms with van der Waals surface area (Å²) in [5.41, 5.74) is 1.04. The fraction of sp³-hybridized carbons (Fsp3) is 0.222. The molecule has 0 fully saturated rings. The van der Waals surface area contributed by atoms with Crippen molar-refractivity contribution in [3.8, 4) is 5.88 Å². The SMILES string of the molecule is COc1ncc(Cn2cncn2)cc1Br. The molecule has 0 N–H and O–H groups in total. The minimum atomic E-state index is 0.581. The molecular formula is C9H9BrN4O. The van der Waals surface area contributed by atoms with Gasteiger partial charge in [-0.05, 0) is 27.6 Å². The van der Waals surface area contributed by atoms with Gasteiger partial charge in [0.25, 0.3) is 0 Å². The van der Waals surface area contributed by atoms with E-state index < -0.39 is 0 Å². The van der Waals surface area contributed by atoms with Gasteiger partial charge in [-0.25, -0.2) is 14.6 Å². The van der Waals surface area contributed by atoms with Crippen LogP contribution in [0.2, 0.25) is 0 Å². The second-order valence-corrected chi connectivity index (χ2v) is 3.78. The van der Waals surface area contributed by atoms with Gasteiger partial charge in [0.1, 0.15) is 12.7 Å². The third-order valence-corrected chi connectivity index (χ3v) is 2.44. The van der Waals surface area contributed by atoms with Crippen molar-refractivity contribution in [1.29, 1.82) is 0 Å². The largest absolute Gasteiger partial charge is 0.480 e. The molecule has 0 radical (unpaired) electrons. The fourth-order valence-corrected chi connectivity index (χ4v) is 1.76. The van der Waals surface area contributed by atoms with Gasteiger partial charge in [-0.2, -0.15) is 5.10 Å². The Labute approximate surface area is 95.2 Å². The van der Waals surface area contributed by atoms with E-state index in [9.17, 15) is 0 Å². The highest BCUT2D eigenvalue weighted by molar-refractivity contribution is 9.10. The number of hydrogen-bond donors (Lipinski definition) is 0. The first-order valence-electron chi connectivity index (χ1n) is 4.30. The summed E-state index contributed by atoms with van der Waals surface area (Å²) in [6, 6.07) is 1.95. The third-order valence-electron chi connectivity index (χ3n) is 1.87. The first kappa shape index (κ1) is 10.1. The molecule has 0 aliphatic heterocycles. The zero-order valence-corrected chi connectivity index (χ0v) is 9.68. The molecule has 2 rings (SSSR count). The Morgan fingerprint density at radius 2 is 2.40 bits per heavy atom. The predicted octanol–water partition coefficient (Wildman–Crippen LogP) is 1.49. The van der Waals surface area contributed by atoms with Crippen LogP contribution < -0.4 is 4.74 Å². The van der Waals surface area contributed by atoms with Gasteiger partial charge >= 0.3 is 0 Å². The Bertz CT molecular complexity index is 443. The van der Waals surface area contributed by atoms with Crippen LogP contribution in [0.4, 0.5) is 0 Å². The van der Waals surface area contributed by atoms with Crippen LogP contribution in [0.25, 0.3) is 0 Å². The summed E-state index contributed by atoms with van der Waals surface area (Å²) in [5, 5.41) is 4.01. The van der Waals surface area contributed by atoms with Crippen molar-refractivity contribution in [3.05, 3.63) is 35.0 Å². The van der Waals surface area contributed by atoms with Crippen LogP contribution in [-0.2, 0) is 6.54 Å². The second-order valence-electron chi connectivity index (χ2n) is 2.93. The van der Waals surface area contributed by atoms with E-state index in [1.807, 2.05) is 6.07 Å². The smallest absolute Gasteiger partial charge is 0.227 e. The standard InChI is InChI=1S/C9H9BrN4O/c1-15-9-8(10)2-7(3-12-9)4-14-6-11-5-13-14/h2-3,5-6H,4H2,1H3. The zero-order chi connectivity index (χ0) is 10.7. The minimum Gasteiger partial charge on any atom is -0.480 e. The Morgan fingerprint density at radius 1 is 1.53 bits per heavy atom. The summed E-state index contributed by atoms with van der Waals surface area (Å²) in [7, 11) is 1.59. The molecule has 0 aromatic carbocycles. The van der Waals surface area contributed by atoms with Crippen LogP contribution in [0.15, 0.2) is 29.4 Å². The molecule has 2 heterocycles.